The Hall–Kier alpha value is -0.910. The van der Waals surface area contributed by atoms with E-state index in [0.29, 0.717) is 23.8 Å². The minimum absolute atomic E-state index is 0.240. The van der Waals surface area contributed by atoms with Crippen molar-refractivity contribution in [3.05, 3.63) is 21.9 Å². The van der Waals surface area contributed by atoms with Crippen molar-refractivity contribution in [3.63, 3.8) is 0 Å². The summed E-state index contributed by atoms with van der Waals surface area (Å²) in [6.45, 7) is 9.99. The number of likely N-dealkylation sites (tertiary alicyclic amines) is 1. The molecule has 24 heavy (non-hydrogen) atoms. The Morgan fingerprint density at radius 3 is 2.75 bits per heavy atom. The molecule has 3 heterocycles. The molecule has 4 rings (SSSR count). The van der Waals surface area contributed by atoms with E-state index in [9.17, 15) is 4.79 Å². The molecule has 4 nitrogen and oxygen atoms in total. The molecule has 0 spiro atoms. The second-order valence-corrected chi connectivity index (χ2v) is 8.84. The van der Waals surface area contributed by atoms with Crippen molar-refractivity contribution in [1.29, 1.82) is 0 Å². The molecule has 1 amide bonds. The van der Waals surface area contributed by atoms with Gasteiger partial charge in [-0.05, 0) is 31.4 Å². The Morgan fingerprint density at radius 1 is 1.29 bits per heavy atom. The monoisotopic (exact) mass is 348 g/mol. The molecular weight excluding hydrogens is 320 g/mol. The van der Waals surface area contributed by atoms with Crippen LogP contribution < -0.4 is 0 Å². The molecule has 0 bridgehead atoms. The molecule has 0 unspecified atom stereocenters. The Balaban J connectivity index is 1.39. The van der Waals surface area contributed by atoms with Crippen LogP contribution in [0.3, 0.4) is 0 Å². The number of rotatable bonds is 4. The first-order chi connectivity index (χ1) is 11.7. The normalized spacial score (nSPS) is 33.8. The summed E-state index contributed by atoms with van der Waals surface area (Å²) in [5.41, 5.74) is 0. The summed E-state index contributed by atoms with van der Waals surface area (Å²) in [4.78, 5) is 20.4. The number of aryl methyl sites for hydroxylation is 1. The minimum Gasteiger partial charge on any atom is -0.379 e. The first-order valence-corrected chi connectivity index (χ1v) is 10.2. The quantitative estimate of drug-likeness (QED) is 0.839. The molecule has 2 saturated heterocycles. The van der Waals surface area contributed by atoms with E-state index in [2.05, 4.69) is 35.8 Å². The second-order valence-electron chi connectivity index (χ2n) is 7.52. The molecule has 3 fully saturated rings. The second kappa shape index (κ2) is 6.77. The predicted molar refractivity (Wildman–Crippen MR) is 96.4 cm³/mol. The van der Waals surface area contributed by atoms with Crippen LogP contribution in [-0.2, 0) is 9.53 Å². The molecular formula is C19H28N2O2S. The van der Waals surface area contributed by atoms with E-state index < -0.39 is 0 Å². The molecule has 5 heteroatoms. The highest BCUT2D eigenvalue weighted by Gasteiger charge is 2.49. The average Bonchev–Trinajstić information content (AvgIpc) is 3.09. The molecule has 2 aliphatic heterocycles. The minimum atomic E-state index is 0.240. The van der Waals surface area contributed by atoms with Gasteiger partial charge in [-0.1, -0.05) is 13.3 Å². The number of ether oxygens (including phenoxy) is 1. The van der Waals surface area contributed by atoms with Crippen LogP contribution in [-0.4, -0.2) is 61.1 Å². The first-order valence-electron chi connectivity index (χ1n) is 9.34. The molecule has 1 saturated carbocycles. The van der Waals surface area contributed by atoms with Gasteiger partial charge in [-0.2, -0.15) is 0 Å². The van der Waals surface area contributed by atoms with E-state index in [4.69, 9.17) is 4.74 Å². The fourth-order valence-electron chi connectivity index (χ4n) is 4.43. The summed E-state index contributed by atoms with van der Waals surface area (Å²) in [6.07, 6.45) is 2.21. The van der Waals surface area contributed by atoms with Gasteiger partial charge in [-0.3, -0.25) is 9.69 Å². The molecule has 1 aromatic heterocycles. The standard InChI is InChI=1S/C19H28N2O2S/c1-3-14-11-21(12-17(14)20-6-8-23-9-7-20)19(22)16-10-15(16)18-5-4-13(2)24-18/h4-5,14-17H,3,6-12H2,1-2H3/t14-,15+,16-,17-/m1/s1. The molecule has 1 aliphatic carbocycles. The van der Waals surface area contributed by atoms with Crippen molar-refractivity contribution >= 4 is 17.2 Å². The number of carbonyl (C=O) groups is 1. The van der Waals surface area contributed by atoms with E-state index in [0.717, 1.165) is 52.2 Å². The van der Waals surface area contributed by atoms with Crippen LogP contribution in [0.5, 0.6) is 0 Å². The third-order valence-corrected chi connectivity index (χ3v) is 7.12. The maximum atomic E-state index is 13.0. The summed E-state index contributed by atoms with van der Waals surface area (Å²) in [7, 11) is 0. The van der Waals surface area contributed by atoms with E-state index >= 15 is 0 Å². The van der Waals surface area contributed by atoms with Gasteiger partial charge in [-0.25, -0.2) is 0 Å². The maximum Gasteiger partial charge on any atom is 0.226 e. The Labute approximate surface area is 148 Å². The number of hydrogen-bond acceptors (Lipinski definition) is 4. The smallest absolute Gasteiger partial charge is 0.226 e. The number of hydrogen-bond donors (Lipinski definition) is 0. The van der Waals surface area contributed by atoms with Crippen molar-refractivity contribution in [3.8, 4) is 0 Å². The number of nitrogens with zero attached hydrogens (tertiary/aromatic N) is 2. The lowest BCUT2D eigenvalue weighted by Gasteiger charge is -2.34. The zero-order valence-electron chi connectivity index (χ0n) is 14.7. The van der Waals surface area contributed by atoms with E-state index in [1.54, 1.807) is 0 Å². The molecule has 0 radical (unpaired) electrons. The van der Waals surface area contributed by atoms with Crippen LogP contribution in [0.1, 0.15) is 35.4 Å². The predicted octanol–water partition coefficient (Wildman–Crippen LogP) is 2.73. The SMILES string of the molecule is CC[C@@H]1CN(C(=O)[C@@H]2C[C@@H]2c2ccc(C)s2)C[C@H]1N1CCOCC1. The highest BCUT2D eigenvalue weighted by molar-refractivity contribution is 7.12. The number of morpholine rings is 1. The largest absolute Gasteiger partial charge is 0.379 e. The van der Waals surface area contributed by atoms with Crippen LogP contribution in [0.4, 0.5) is 0 Å². The van der Waals surface area contributed by atoms with Crippen LogP contribution in [0.15, 0.2) is 12.1 Å². The van der Waals surface area contributed by atoms with Gasteiger partial charge in [0.1, 0.15) is 0 Å². The molecule has 0 aromatic carbocycles. The van der Waals surface area contributed by atoms with Crippen molar-refractivity contribution in [2.75, 3.05) is 39.4 Å². The molecule has 3 aliphatic rings. The highest BCUT2D eigenvalue weighted by Crippen LogP contribution is 2.51. The number of carbonyl (C=O) groups excluding carboxylic acids is 1. The lowest BCUT2D eigenvalue weighted by atomic mass is 9.99. The van der Waals surface area contributed by atoms with Gasteiger partial charge < -0.3 is 9.64 Å². The van der Waals surface area contributed by atoms with Gasteiger partial charge in [-0.15, -0.1) is 11.3 Å². The summed E-state index contributed by atoms with van der Waals surface area (Å²) in [5, 5.41) is 0. The zero-order valence-corrected chi connectivity index (χ0v) is 15.6. The first kappa shape index (κ1) is 16.6. The summed E-state index contributed by atoms with van der Waals surface area (Å²) in [5.74, 6) is 1.75. The highest BCUT2D eigenvalue weighted by atomic mass is 32.1. The van der Waals surface area contributed by atoms with Crippen LogP contribution >= 0.6 is 11.3 Å². The van der Waals surface area contributed by atoms with Gasteiger partial charge in [0.15, 0.2) is 0 Å². The van der Waals surface area contributed by atoms with Gasteiger partial charge in [0.25, 0.3) is 0 Å². The average molecular weight is 349 g/mol. The fraction of sp³-hybridized carbons (Fsp3) is 0.737. The van der Waals surface area contributed by atoms with Gasteiger partial charge in [0.2, 0.25) is 5.91 Å². The van der Waals surface area contributed by atoms with Gasteiger partial charge in [0.05, 0.1) is 13.2 Å². The molecule has 132 valence electrons. The molecule has 4 atom stereocenters. The van der Waals surface area contributed by atoms with E-state index in [-0.39, 0.29) is 5.92 Å². The molecule has 0 N–H and O–H groups in total. The van der Waals surface area contributed by atoms with Crippen molar-refractivity contribution in [2.45, 2.75) is 38.6 Å². The fourth-order valence-corrected chi connectivity index (χ4v) is 5.48. The third-order valence-electron chi connectivity index (χ3n) is 5.99. The van der Waals surface area contributed by atoms with Crippen LogP contribution in [0.25, 0.3) is 0 Å². The van der Waals surface area contributed by atoms with E-state index in [1.807, 2.05) is 11.3 Å². The van der Waals surface area contributed by atoms with E-state index in [1.165, 1.54) is 9.75 Å². The van der Waals surface area contributed by atoms with Crippen molar-refractivity contribution in [2.24, 2.45) is 11.8 Å². The summed E-state index contributed by atoms with van der Waals surface area (Å²) >= 11 is 1.86. The number of thiophene rings is 1. The third kappa shape index (κ3) is 3.14. The Kier molecular flexibility index (Phi) is 4.67. The number of amides is 1. The van der Waals surface area contributed by atoms with Crippen molar-refractivity contribution in [1.82, 2.24) is 9.80 Å². The van der Waals surface area contributed by atoms with Crippen LogP contribution in [0.2, 0.25) is 0 Å². The lowest BCUT2D eigenvalue weighted by Crippen LogP contribution is -2.47. The summed E-state index contributed by atoms with van der Waals surface area (Å²) < 4.78 is 5.49. The maximum absolute atomic E-state index is 13.0. The van der Waals surface area contributed by atoms with Gasteiger partial charge in [0, 0.05) is 53.8 Å². The van der Waals surface area contributed by atoms with Gasteiger partial charge >= 0.3 is 0 Å². The Morgan fingerprint density at radius 2 is 2.08 bits per heavy atom. The lowest BCUT2D eigenvalue weighted by molar-refractivity contribution is -0.131. The summed E-state index contributed by atoms with van der Waals surface area (Å²) in [6, 6.07) is 4.92. The zero-order chi connectivity index (χ0) is 16.7. The van der Waals surface area contributed by atoms with Crippen LogP contribution in [0, 0.1) is 18.8 Å². The van der Waals surface area contributed by atoms with Crippen molar-refractivity contribution < 1.29 is 9.53 Å². The topological polar surface area (TPSA) is 32.8 Å². The Bertz CT molecular complexity index is 596. The molecule has 1 aromatic rings.